The molecule has 2 heteroatoms. The van der Waals surface area contributed by atoms with Crippen molar-refractivity contribution in [3.63, 3.8) is 0 Å². The lowest BCUT2D eigenvalue weighted by Crippen LogP contribution is -2.33. The van der Waals surface area contributed by atoms with E-state index in [2.05, 4.69) is 97.3 Å². The third kappa shape index (κ3) is 23.2. The Balaban J connectivity index is 2.07. The standard InChI is InChI=1S/C55H99P2/c1-5-8-11-14-17-19-21-23-25-27-29-31-34-43-50-57(4,51-44-35-32-30-28-26-24-22-20-18-15-12-9-6-2)55(56,53-47-40-37-41-48-53)54(52-45-38-36-39-46-52)49-42-33-16-13-10-7-3/h36-41,45-48,54H,5-35,42-44,49-51,56H2,1-4H3/q+1. The fourth-order valence-corrected chi connectivity index (χ4v) is 15.8. The van der Waals surface area contributed by atoms with Gasteiger partial charge in [-0.25, -0.2) is 0 Å². The van der Waals surface area contributed by atoms with E-state index < -0.39 is 7.26 Å². The normalized spacial score (nSPS) is 13.6. The SMILES string of the molecule is CCCCCCCCCCCCCCCC[P+](C)(CCCCCCCCCCCCCCCC)C(P)(c1ccccc1)C(CCCCCCCC)c1ccccc1. The molecular weight excluding hydrogens is 723 g/mol. The molecule has 0 aliphatic rings. The quantitative estimate of drug-likeness (QED) is 0.0463. The highest BCUT2D eigenvalue weighted by Gasteiger charge is 2.56. The van der Waals surface area contributed by atoms with Crippen LogP contribution < -0.4 is 0 Å². The van der Waals surface area contributed by atoms with Gasteiger partial charge in [0.2, 0.25) is 0 Å². The molecule has 3 unspecified atom stereocenters. The molecule has 0 aliphatic carbocycles. The van der Waals surface area contributed by atoms with Crippen LogP contribution in [0.4, 0.5) is 0 Å². The van der Waals surface area contributed by atoms with Crippen LogP contribution in [0.2, 0.25) is 0 Å². The van der Waals surface area contributed by atoms with Crippen LogP contribution in [0.1, 0.15) is 263 Å². The molecule has 328 valence electrons. The van der Waals surface area contributed by atoms with Crippen molar-refractivity contribution in [3.8, 4) is 0 Å². The van der Waals surface area contributed by atoms with E-state index in [1.54, 1.807) is 11.1 Å². The average Bonchev–Trinajstić information content (AvgIpc) is 3.24. The first-order valence-electron chi connectivity index (χ1n) is 25.8. The highest BCUT2D eigenvalue weighted by Crippen LogP contribution is 2.78. The first kappa shape index (κ1) is 52.4. The van der Waals surface area contributed by atoms with E-state index in [9.17, 15) is 0 Å². The van der Waals surface area contributed by atoms with Crippen LogP contribution in [0.25, 0.3) is 0 Å². The molecule has 0 fully saturated rings. The van der Waals surface area contributed by atoms with E-state index >= 15 is 0 Å². The number of unbranched alkanes of at least 4 members (excludes halogenated alkanes) is 31. The monoisotopic (exact) mass is 822 g/mol. The fraction of sp³-hybridized carbons (Fsp3) is 0.782. The van der Waals surface area contributed by atoms with Crippen LogP contribution in [0.3, 0.4) is 0 Å². The summed E-state index contributed by atoms with van der Waals surface area (Å²) in [6.45, 7) is 9.83. The first-order chi connectivity index (χ1) is 28.0. The van der Waals surface area contributed by atoms with Gasteiger partial charge in [-0.05, 0) is 43.2 Å². The molecule has 2 aromatic carbocycles. The minimum Gasteiger partial charge on any atom is -0.0849 e. The Morgan fingerprint density at radius 1 is 0.386 bits per heavy atom. The molecule has 0 aromatic heterocycles. The van der Waals surface area contributed by atoms with Crippen LogP contribution in [0, 0.1) is 0 Å². The Kier molecular flexibility index (Phi) is 33.1. The van der Waals surface area contributed by atoms with Gasteiger partial charge in [-0.15, -0.1) is 0 Å². The minimum absolute atomic E-state index is 0.117. The maximum absolute atomic E-state index is 3.70. The summed E-state index contributed by atoms with van der Waals surface area (Å²) in [4.78, 5) is 0.117. The zero-order valence-corrected chi connectivity index (χ0v) is 41.1. The molecule has 0 saturated carbocycles. The lowest BCUT2D eigenvalue weighted by Gasteiger charge is -2.47. The van der Waals surface area contributed by atoms with Gasteiger partial charge in [-0.3, -0.25) is 0 Å². The lowest BCUT2D eigenvalue weighted by molar-refractivity contribution is 0.507. The molecule has 0 heterocycles. The van der Waals surface area contributed by atoms with Crippen molar-refractivity contribution >= 4 is 16.5 Å². The van der Waals surface area contributed by atoms with Crippen LogP contribution in [0.15, 0.2) is 60.7 Å². The van der Waals surface area contributed by atoms with Crippen molar-refractivity contribution in [2.45, 2.75) is 256 Å². The summed E-state index contributed by atoms with van der Waals surface area (Å²) in [6.07, 6.45) is 52.8. The number of benzene rings is 2. The van der Waals surface area contributed by atoms with Gasteiger partial charge in [0.1, 0.15) is 4.90 Å². The Hall–Kier alpha value is -0.700. The lowest BCUT2D eigenvalue weighted by atomic mass is 9.86. The molecule has 2 rings (SSSR count). The van der Waals surface area contributed by atoms with E-state index in [0.29, 0.717) is 5.92 Å². The molecular formula is C55H99P2+. The molecule has 57 heavy (non-hydrogen) atoms. The van der Waals surface area contributed by atoms with Crippen molar-refractivity contribution in [2.75, 3.05) is 19.0 Å². The minimum atomic E-state index is -1.41. The second-order valence-corrected chi connectivity index (χ2v) is 24.6. The zero-order chi connectivity index (χ0) is 41.0. The number of rotatable bonds is 41. The van der Waals surface area contributed by atoms with E-state index in [-0.39, 0.29) is 4.90 Å². The second-order valence-electron chi connectivity index (χ2n) is 18.7. The van der Waals surface area contributed by atoms with Gasteiger partial charge in [0.25, 0.3) is 0 Å². The molecule has 0 N–H and O–H groups in total. The molecule has 0 nitrogen and oxygen atoms in total. The van der Waals surface area contributed by atoms with Gasteiger partial charge in [0, 0.05) is 13.2 Å². The summed E-state index contributed by atoms with van der Waals surface area (Å²) < 4.78 is 0. The molecule has 2 aromatic rings. The van der Waals surface area contributed by atoms with Gasteiger partial charge in [0.05, 0.1) is 19.0 Å². The Morgan fingerprint density at radius 2 is 0.667 bits per heavy atom. The van der Waals surface area contributed by atoms with Gasteiger partial charge in [-0.2, -0.15) is 0 Å². The first-order valence-corrected chi connectivity index (χ1v) is 29.0. The van der Waals surface area contributed by atoms with Gasteiger partial charge in [0.15, 0.2) is 0 Å². The molecule has 3 atom stereocenters. The Morgan fingerprint density at radius 3 is 1.00 bits per heavy atom. The van der Waals surface area contributed by atoms with Crippen molar-refractivity contribution in [2.24, 2.45) is 0 Å². The van der Waals surface area contributed by atoms with E-state index in [1.165, 1.54) is 237 Å². The van der Waals surface area contributed by atoms with E-state index in [1.807, 2.05) is 0 Å². The summed E-state index contributed by atoms with van der Waals surface area (Å²) in [5.74, 6) is 0.550. The summed E-state index contributed by atoms with van der Waals surface area (Å²) in [6, 6.07) is 23.8. The summed E-state index contributed by atoms with van der Waals surface area (Å²) in [5, 5.41) is 0. The van der Waals surface area contributed by atoms with Crippen molar-refractivity contribution in [1.29, 1.82) is 0 Å². The van der Waals surface area contributed by atoms with Crippen LogP contribution in [-0.2, 0) is 4.90 Å². The highest BCUT2D eigenvalue weighted by atomic mass is 31.2. The van der Waals surface area contributed by atoms with Crippen LogP contribution in [0.5, 0.6) is 0 Å². The Labute approximate surface area is 362 Å². The number of hydrogen-bond donors (Lipinski definition) is 0. The molecule has 0 saturated heterocycles. The molecule has 0 bridgehead atoms. The van der Waals surface area contributed by atoms with Crippen molar-refractivity contribution in [1.82, 2.24) is 0 Å². The number of hydrogen-bond acceptors (Lipinski definition) is 0. The van der Waals surface area contributed by atoms with Crippen LogP contribution >= 0.6 is 16.5 Å². The van der Waals surface area contributed by atoms with Gasteiger partial charge >= 0.3 is 0 Å². The van der Waals surface area contributed by atoms with Gasteiger partial charge in [-0.1, -0.05) is 283 Å². The van der Waals surface area contributed by atoms with Crippen molar-refractivity contribution < 1.29 is 0 Å². The predicted octanol–water partition coefficient (Wildman–Crippen LogP) is 19.9. The molecule has 0 aliphatic heterocycles. The third-order valence-corrected chi connectivity index (χ3v) is 21.3. The van der Waals surface area contributed by atoms with E-state index in [0.717, 1.165) is 0 Å². The smallest absolute Gasteiger partial charge is 0.0849 e. The second kappa shape index (κ2) is 36.0. The topological polar surface area (TPSA) is 0 Å². The summed E-state index contributed by atoms with van der Waals surface area (Å²) >= 11 is 0. The fourth-order valence-electron chi connectivity index (χ4n) is 9.84. The van der Waals surface area contributed by atoms with Crippen molar-refractivity contribution in [3.05, 3.63) is 71.8 Å². The highest BCUT2D eigenvalue weighted by molar-refractivity contribution is 7.81. The maximum atomic E-state index is 3.70. The molecule has 0 amide bonds. The zero-order valence-electron chi connectivity index (χ0n) is 39.0. The predicted molar refractivity (Wildman–Crippen MR) is 268 cm³/mol. The third-order valence-electron chi connectivity index (χ3n) is 13.7. The van der Waals surface area contributed by atoms with Crippen LogP contribution in [-0.4, -0.2) is 19.0 Å². The largest absolute Gasteiger partial charge is 0.123 e. The van der Waals surface area contributed by atoms with Gasteiger partial charge < -0.3 is 0 Å². The Bertz CT molecular complexity index is 1080. The maximum Gasteiger partial charge on any atom is 0.123 e. The average molecular weight is 822 g/mol. The molecule has 0 radical (unpaired) electrons. The molecule has 0 spiro atoms. The summed E-state index contributed by atoms with van der Waals surface area (Å²) in [5.41, 5.74) is 3.18. The summed E-state index contributed by atoms with van der Waals surface area (Å²) in [7, 11) is 2.29. The van der Waals surface area contributed by atoms with E-state index in [4.69, 9.17) is 0 Å².